The van der Waals surface area contributed by atoms with Crippen LogP contribution in [0.15, 0.2) is 42.5 Å². The summed E-state index contributed by atoms with van der Waals surface area (Å²) in [7, 11) is 3.99. The fraction of sp³-hybridized carbons (Fsp3) is 0.300. The third kappa shape index (κ3) is 6.79. The van der Waals surface area contributed by atoms with Gasteiger partial charge in [-0.3, -0.25) is 9.59 Å². The van der Waals surface area contributed by atoms with Crippen molar-refractivity contribution in [2.75, 3.05) is 20.6 Å². The number of nitrogens with one attached hydrogen (secondary N) is 2. The molecule has 2 aromatic rings. The second-order valence-electron chi connectivity index (χ2n) is 6.46. The molecule has 7 heteroatoms. The van der Waals surface area contributed by atoms with Crippen molar-refractivity contribution >= 4 is 11.8 Å². The van der Waals surface area contributed by atoms with Crippen molar-refractivity contribution in [1.29, 1.82) is 0 Å². The van der Waals surface area contributed by atoms with Gasteiger partial charge in [-0.15, -0.1) is 0 Å². The van der Waals surface area contributed by atoms with E-state index in [-0.39, 0.29) is 24.4 Å². The molecular weight excluding hydrogens is 352 g/mol. The van der Waals surface area contributed by atoms with Crippen molar-refractivity contribution in [2.24, 2.45) is 0 Å². The number of hydrogen-bond acceptors (Lipinski definition) is 3. The minimum absolute atomic E-state index is 0.0588. The van der Waals surface area contributed by atoms with Gasteiger partial charge in [0, 0.05) is 32.1 Å². The fourth-order valence-electron chi connectivity index (χ4n) is 2.48. The van der Waals surface area contributed by atoms with Crippen LogP contribution in [-0.4, -0.2) is 37.4 Å². The summed E-state index contributed by atoms with van der Waals surface area (Å²) < 4.78 is 26.4. The van der Waals surface area contributed by atoms with E-state index in [1.54, 1.807) is 0 Å². The fourth-order valence-corrected chi connectivity index (χ4v) is 2.48. The van der Waals surface area contributed by atoms with Gasteiger partial charge < -0.3 is 15.5 Å². The molecular formula is C20H23F2N3O2. The first-order valence-electron chi connectivity index (χ1n) is 8.57. The van der Waals surface area contributed by atoms with Gasteiger partial charge in [0.1, 0.15) is 11.6 Å². The lowest BCUT2D eigenvalue weighted by molar-refractivity contribution is -0.121. The van der Waals surface area contributed by atoms with Crippen molar-refractivity contribution < 1.29 is 18.4 Å². The predicted octanol–water partition coefficient (Wildman–Crippen LogP) is 2.46. The summed E-state index contributed by atoms with van der Waals surface area (Å²) in [6.07, 6.45) is 0.0628. The van der Waals surface area contributed by atoms with E-state index in [1.807, 2.05) is 38.4 Å². The Morgan fingerprint density at radius 3 is 2.26 bits per heavy atom. The molecule has 0 heterocycles. The lowest BCUT2D eigenvalue weighted by Gasteiger charge is -2.10. The van der Waals surface area contributed by atoms with Crippen molar-refractivity contribution in [3.8, 4) is 0 Å². The quantitative estimate of drug-likeness (QED) is 0.745. The highest BCUT2D eigenvalue weighted by Gasteiger charge is 2.12. The van der Waals surface area contributed by atoms with Gasteiger partial charge in [0.2, 0.25) is 5.91 Å². The summed E-state index contributed by atoms with van der Waals surface area (Å²) in [6.45, 7) is 1.30. The highest BCUT2D eigenvalue weighted by atomic mass is 19.1. The summed E-state index contributed by atoms with van der Waals surface area (Å²) in [5.41, 5.74) is 1.91. The van der Waals surface area contributed by atoms with E-state index in [0.717, 1.165) is 24.2 Å². The van der Waals surface area contributed by atoms with Gasteiger partial charge in [0.05, 0.1) is 5.56 Å². The lowest BCUT2D eigenvalue weighted by Crippen LogP contribution is -2.31. The van der Waals surface area contributed by atoms with Crippen LogP contribution in [0.2, 0.25) is 0 Å². The van der Waals surface area contributed by atoms with Crippen molar-refractivity contribution in [3.05, 3.63) is 70.8 Å². The molecule has 0 aliphatic heterocycles. The zero-order valence-electron chi connectivity index (χ0n) is 15.4. The summed E-state index contributed by atoms with van der Waals surface area (Å²) in [5, 5.41) is 5.21. The number of rotatable bonds is 8. The van der Waals surface area contributed by atoms with E-state index in [1.165, 1.54) is 5.56 Å². The molecule has 0 bridgehead atoms. The van der Waals surface area contributed by atoms with Gasteiger partial charge in [0.15, 0.2) is 0 Å². The zero-order valence-corrected chi connectivity index (χ0v) is 15.4. The van der Waals surface area contributed by atoms with Crippen LogP contribution in [0.5, 0.6) is 0 Å². The minimum atomic E-state index is -0.935. The van der Waals surface area contributed by atoms with Crippen LogP contribution >= 0.6 is 0 Å². The van der Waals surface area contributed by atoms with Crippen molar-refractivity contribution in [1.82, 2.24) is 15.5 Å². The molecule has 2 aromatic carbocycles. The number of halogens is 2. The van der Waals surface area contributed by atoms with Gasteiger partial charge >= 0.3 is 0 Å². The molecule has 0 aliphatic rings. The largest absolute Gasteiger partial charge is 0.352 e. The summed E-state index contributed by atoms with van der Waals surface area (Å²) in [4.78, 5) is 25.8. The van der Waals surface area contributed by atoms with E-state index in [4.69, 9.17) is 0 Å². The normalized spacial score (nSPS) is 10.7. The Kier molecular flexibility index (Phi) is 7.43. The Morgan fingerprint density at radius 1 is 0.963 bits per heavy atom. The molecule has 0 fully saturated rings. The van der Waals surface area contributed by atoms with Gasteiger partial charge in [0.25, 0.3) is 5.91 Å². The average molecular weight is 375 g/mol. The first-order chi connectivity index (χ1) is 12.8. The average Bonchev–Trinajstić information content (AvgIpc) is 2.60. The zero-order chi connectivity index (χ0) is 19.8. The van der Waals surface area contributed by atoms with E-state index >= 15 is 0 Å². The topological polar surface area (TPSA) is 61.4 Å². The maximum absolute atomic E-state index is 13.5. The van der Waals surface area contributed by atoms with E-state index in [9.17, 15) is 18.4 Å². The Labute approximate surface area is 157 Å². The van der Waals surface area contributed by atoms with Crippen LogP contribution in [0.25, 0.3) is 0 Å². The molecule has 0 aliphatic carbocycles. The molecule has 0 atom stereocenters. The molecule has 2 rings (SSSR count). The molecule has 144 valence electrons. The number of carbonyl (C=O) groups is 2. The van der Waals surface area contributed by atoms with Crippen molar-refractivity contribution in [2.45, 2.75) is 19.5 Å². The molecule has 0 unspecified atom stereocenters. The van der Waals surface area contributed by atoms with Crippen LogP contribution in [0.4, 0.5) is 8.78 Å². The number of amides is 2. The van der Waals surface area contributed by atoms with Crippen LogP contribution in [0.3, 0.4) is 0 Å². The lowest BCUT2D eigenvalue weighted by atomic mass is 10.1. The molecule has 2 amide bonds. The summed E-state index contributed by atoms with van der Waals surface area (Å²) in [6, 6.07) is 10.7. The first-order valence-corrected chi connectivity index (χ1v) is 8.57. The van der Waals surface area contributed by atoms with E-state index in [2.05, 4.69) is 15.5 Å². The summed E-state index contributed by atoms with van der Waals surface area (Å²) in [5.74, 6) is -2.60. The SMILES string of the molecule is CN(C)Cc1ccc(CNC(=O)CCNC(=O)c2ccc(F)cc2F)cc1. The number of benzene rings is 2. The Hall–Kier alpha value is -2.80. The molecule has 0 radical (unpaired) electrons. The van der Waals surface area contributed by atoms with Crippen LogP contribution < -0.4 is 10.6 Å². The Bertz CT molecular complexity index is 792. The standard InChI is InChI=1S/C20H23F2N3O2/c1-25(2)13-15-5-3-14(4-6-15)12-24-19(26)9-10-23-20(27)17-8-7-16(21)11-18(17)22/h3-8,11H,9-10,12-13H2,1-2H3,(H,23,27)(H,24,26). The molecule has 5 nitrogen and oxygen atoms in total. The predicted molar refractivity (Wildman–Crippen MR) is 99.0 cm³/mol. The van der Waals surface area contributed by atoms with Gasteiger partial charge in [-0.05, 0) is 37.4 Å². The minimum Gasteiger partial charge on any atom is -0.352 e. The molecule has 0 saturated carbocycles. The van der Waals surface area contributed by atoms with Crippen LogP contribution in [-0.2, 0) is 17.9 Å². The van der Waals surface area contributed by atoms with Crippen LogP contribution in [0.1, 0.15) is 27.9 Å². The van der Waals surface area contributed by atoms with Crippen molar-refractivity contribution in [3.63, 3.8) is 0 Å². The number of hydrogen-bond donors (Lipinski definition) is 2. The number of carbonyl (C=O) groups excluding carboxylic acids is 2. The molecule has 27 heavy (non-hydrogen) atoms. The molecule has 2 N–H and O–H groups in total. The Morgan fingerprint density at radius 2 is 1.63 bits per heavy atom. The van der Waals surface area contributed by atoms with E-state index in [0.29, 0.717) is 12.6 Å². The maximum atomic E-state index is 13.5. The van der Waals surface area contributed by atoms with Gasteiger partial charge in [-0.1, -0.05) is 24.3 Å². The van der Waals surface area contributed by atoms with E-state index < -0.39 is 17.5 Å². The van der Waals surface area contributed by atoms with Crippen LogP contribution in [0, 0.1) is 11.6 Å². The third-order valence-corrected chi connectivity index (χ3v) is 3.82. The second-order valence-corrected chi connectivity index (χ2v) is 6.46. The Balaban J connectivity index is 1.72. The second kappa shape index (κ2) is 9.78. The number of nitrogens with zero attached hydrogens (tertiary/aromatic N) is 1. The van der Waals surface area contributed by atoms with Gasteiger partial charge in [-0.25, -0.2) is 8.78 Å². The van der Waals surface area contributed by atoms with Gasteiger partial charge in [-0.2, -0.15) is 0 Å². The molecule has 0 spiro atoms. The smallest absolute Gasteiger partial charge is 0.254 e. The monoisotopic (exact) mass is 375 g/mol. The first kappa shape index (κ1) is 20.5. The summed E-state index contributed by atoms with van der Waals surface area (Å²) >= 11 is 0. The highest BCUT2D eigenvalue weighted by molar-refractivity contribution is 5.94. The highest BCUT2D eigenvalue weighted by Crippen LogP contribution is 2.09. The maximum Gasteiger partial charge on any atom is 0.254 e. The molecule has 0 saturated heterocycles. The third-order valence-electron chi connectivity index (χ3n) is 3.82. The molecule has 0 aromatic heterocycles.